The van der Waals surface area contributed by atoms with Crippen LogP contribution >= 0.6 is 7.82 Å². The number of unbranched alkanes of at least 4 members (excludes halogenated alkanes) is 4. The molecule has 0 saturated carbocycles. The summed E-state index contributed by atoms with van der Waals surface area (Å²) in [7, 11) is -4.73. The lowest BCUT2D eigenvalue weighted by Gasteiger charge is -2.20. The Bertz CT molecular complexity index is 1140. The molecule has 3 atom stereocenters. The van der Waals surface area contributed by atoms with Crippen molar-refractivity contribution in [2.45, 2.75) is 103 Å². The van der Waals surface area contributed by atoms with E-state index in [1.807, 2.05) is 54.7 Å². The minimum atomic E-state index is -4.73. The fraction of sp³-hybridized carbons (Fsp3) is 0.528. The first-order chi connectivity index (χ1) is 23.1. The van der Waals surface area contributed by atoms with E-state index in [0.717, 1.165) is 44.9 Å². The lowest BCUT2D eigenvalue weighted by Crippen LogP contribution is -2.34. The number of carboxylic acid groups (broad SMARTS) is 1. The highest BCUT2D eigenvalue weighted by Crippen LogP contribution is 2.43. The molecule has 0 aromatic rings. The van der Waals surface area contributed by atoms with Crippen molar-refractivity contribution >= 4 is 25.7 Å². The molecule has 0 rings (SSSR count). The van der Waals surface area contributed by atoms with Crippen molar-refractivity contribution < 1.29 is 47.5 Å². The second-order valence-corrected chi connectivity index (χ2v) is 12.1. The highest BCUT2D eigenvalue weighted by Gasteiger charge is 2.28. The van der Waals surface area contributed by atoms with Crippen molar-refractivity contribution in [3.63, 3.8) is 0 Å². The zero-order valence-electron chi connectivity index (χ0n) is 28.5. The molecular weight excluding hydrogens is 637 g/mol. The topological polar surface area (TPSA) is 172 Å². The number of aliphatic carboxylic acids is 1. The molecule has 0 spiro atoms. The maximum atomic E-state index is 12.5. The van der Waals surface area contributed by atoms with Gasteiger partial charge in [0.15, 0.2) is 6.10 Å². The number of rotatable bonds is 29. The minimum Gasteiger partial charge on any atom is -0.480 e. The summed E-state index contributed by atoms with van der Waals surface area (Å²) >= 11 is 0. The molecule has 48 heavy (non-hydrogen) atoms. The third-order valence-electron chi connectivity index (χ3n) is 6.23. The smallest absolute Gasteiger partial charge is 0.472 e. The quantitative estimate of drug-likeness (QED) is 0.0232. The van der Waals surface area contributed by atoms with Gasteiger partial charge in [-0.05, 0) is 57.8 Å². The van der Waals surface area contributed by atoms with Crippen LogP contribution in [0.15, 0.2) is 85.1 Å². The first kappa shape index (κ1) is 44.7. The normalized spacial score (nSPS) is 15.1. The highest BCUT2D eigenvalue weighted by atomic mass is 31.2. The summed E-state index contributed by atoms with van der Waals surface area (Å²) in [4.78, 5) is 45.5. The number of hydrogen-bond acceptors (Lipinski definition) is 9. The Hall–Kier alpha value is -3.34. The lowest BCUT2D eigenvalue weighted by atomic mass is 10.1. The molecule has 0 bridgehead atoms. The van der Waals surface area contributed by atoms with E-state index in [4.69, 9.17) is 24.8 Å². The Morgan fingerprint density at radius 1 is 0.667 bits per heavy atom. The van der Waals surface area contributed by atoms with Crippen molar-refractivity contribution in [3.05, 3.63) is 85.1 Å². The van der Waals surface area contributed by atoms with Gasteiger partial charge >= 0.3 is 25.7 Å². The standard InChI is InChI=1S/C36H56NO10P/c1-3-5-7-9-11-13-15-16-18-20-22-24-26-28-35(39)47-32(30-45-48(42,43)46-31-33(37)36(40)41)29-44-34(38)27-25-23-21-19-17-14-12-10-8-6-4-2/h5-9,11-16,18-19,21,32-33H,3-4,10,17,20,22-31,37H2,1-2H3,(H,40,41)(H,42,43)/b7-5+,8-6+,11-9+,14-12+,15-13+,18-16+,21-19+/t32?,33-/m0/s1. The summed E-state index contributed by atoms with van der Waals surface area (Å²) in [6.07, 6.45) is 35.5. The van der Waals surface area contributed by atoms with E-state index in [-0.39, 0.29) is 12.8 Å². The molecule has 0 aliphatic heterocycles. The third-order valence-corrected chi connectivity index (χ3v) is 7.18. The van der Waals surface area contributed by atoms with Gasteiger partial charge in [-0.15, -0.1) is 0 Å². The Morgan fingerprint density at radius 2 is 1.23 bits per heavy atom. The van der Waals surface area contributed by atoms with E-state index in [2.05, 4.69) is 48.8 Å². The van der Waals surface area contributed by atoms with Crippen molar-refractivity contribution in [2.75, 3.05) is 19.8 Å². The Kier molecular flexibility index (Phi) is 28.8. The van der Waals surface area contributed by atoms with Crippen LogP contribution in [0.25, 0.3) is 0 Å². The molecule has 12 heteroatoms. The van der Waals surface area contributed by atoms with E-state index in [1.165, 1.54) is 0 Å². The number of nitrogens with two attached hydrogens (primary N) is 1. The number of allylic oxidation sites excluding steroid dienone is 14. The van der Waals surface area contributed by atoms with Gasteiger partial charge in [-0.25, -0.2) is 4.57 Å². The second kappa shape index (κ2) is 31.0. The van der Waals surface area contributed by atoms with Gasteiger partial charge in [0.2, 0.25) is 0 Å². The monoisotopic (exact) mass is 693 g/mol. The molecule has 0 saturated heterocycles. The van der Waals surface area contributed by atoms with Crippen LogP contribution in [-0.4, -0.2) is 59.9 Å². The molecule has 11 nitrogen and oxygen atoms in total. The fourth-order valence-electron chi connectivity index (χ4n) is 3.62. The van der Waals surface area contributed by atoms with Crippen molar-refractivity contribution in [2.24, 2.45) is 5.73 Å². The molecule has 0 radical (unpaired) electrons. The number of carbonyl (C=O) groups excluding carboxylic acids is 2. The van der Waals surface area contributed by atoms with Crippen LogP contribution in [0.1, 0.15) is 90.9 Å². The van der Waals surface area contributed by atoms with Gasteiger partial charge in [-0.3, -0.25) is 23.4 Å². The number of hydrogen-bond donors (Lipinski definition) is 3. The van der Waals surface area contributed by atoms with E-state index >= 15 is 0 Å². The summed E-state index contributed by atoms with van der Waals surface area (Å²) in [5, 5.41) is 8.83. The summed E-state index contributed by atoms with van der Waals surface area (Å²) < 4.78 is 32.3. The first-order valence-electron chi connectivity index (χ1n) is 16.7. The van der Waals surface area contributed by atoms with Crippen molar-refractivity contribution in [1.29, 1.82) is 0 Å². The van der Waals surface area contributed by atoms with Crippen LogP contribution in [0, 0.1) is 0 Å². The van der Waals surface area contributed by atoms with Crippen LogP contribution in [0.2, 0.25) is 0 Å². The molecule has 2 unspecified atom stereocenters. The predicted octanol–water partition coefficient (Wildman–Crippen LogP) is 7.60. The predicted molar refractivity (Wildman–Crippen MR) is 189 cm³/mol. The summed E-state index contributed by atoms with van der Waals surface area (Å²) in [5.74, 6) is -2.52. The van der Waals surface area contributed by atoms with E-state index < -0.39 is 57.7 Å². The van der Waals surface area contributed by atoms with Gasteiger partial charge in [-0.1, -0.05) is 105 Å². The SMILES string of the molecule is CC/C=C/C=C/C=C/C=C/CCCCCC(=O)OC(COC(=O)CCC/C=C/C/C=C/C/C=C/CC)COP(=O)(O)OC[C@H](N)C(=O)O. The molecule has 0 aromatic carbocycles. The third kappa shape index (κ3) is 30.0. The van der Waals surface area contributed by atoms with Gasteiger partial charge in [0.05, 0.1) is 13.2 Å². The molecule has 0 amide bonds. The number of esters is 2. The van der Waals surface area contributed by atoms with Crippen LogP contribution in [0.5, 0.6) is 0 Å². The average molecular weight is 694 g/mol. The van der Waals surface area contributed by atoms with Crippen LogP contribution < -0.4 is 5.73 Å². The van der Waals surface area contributed by atoms with E-state index in [0.29, 0.717) is 19.3 Å². The second-order valence-electron chi connectivity index (χ2n) is 10.6. The first-order valence-corrected chi connectivity index (χ1v) is 18.2. The zero-order chi connectivity index (χ0) is 35.7. The summed E-state index contributed by atoms with van der Waals surface area (Å²) in [6.45, 7) is 2.38. The van der Waals surface area contributed by atoms with Crippen LogP contribution in [0.3, 0.4) is 0 Å². The van der Waals surface area contributed by atoms with E-state index in [9.17, 15) is 23.8 Å². The Morgan fingerprint density at radius 3 is 1.90 bits per heavy atom. The zero-order valence-corrected chi connectivity index (χ0v) is 29.4. The molecule has 270 valence electrons. The number of ether oxygens (including phenoxy) is 2. The Labute approximate surface area is 286 Å². The molecule has 0 aliphatic carbocycles. The van der Waals surface area contributed by atoms with Gasteiger partial charge < -0.3 is 25.2 Å². The summed E-state index contributed by atoms with van der Waals surface area (Å²) in [6, 6.07) is -1.54. The maximum Gasteiger partial charge on any atom is 0.472 e. The molecule has 4 N–H and O–H groups in total. The van der Waals surface area contributed by atoms with E-state index in [1.54, 1.807) is 0 Å². The molecular formula is C36H56NO10P. The molecule has 0 heterocycles. The average Bonchev–Trinajstić information content (AvgIpc) is 3.05. The Balaban J connectivity index is 4.70. The molecule has 0 aliphatic rings. The number of phosphoric ester groups is 1. The fourth-order valence-corrected chi connectivity index (χ4v) is 4.40. The molecule has 0 fully saturated rings. The van der Waals surface area contributed by atoms with Gasteiger partial charge in [-0.2, -0.15) is 0 Å². The summed E-state index contributed by atoms with van der Waals surface area (Å²) in [5.41, 5.74) is 5.29. The van der Waals surface area contributed by atoms with Crippen LogP contribution in [-0.2, 0) is 37.5 Å². The van der Waals surface area contributed by atoms with Crippen LogP contribution in [0.4, 0.5) is 0 Å². The largest absolute Gasteiger partial charge is 0.480 e. The number of carboxylic acids is 1. The number of phosphoric acid groups is 1. The maximum absolute atomic E-state index is 12.5. The number of carbonyl (C=O) groups is 3. The van der Waals surface area contributed by atoms with Crippen molar-refractivity contribution in [3.8, 4) is 0 Å². The lowest BCUT2D eigenvalue weighted by molar-refractivity contribution is -0.161. The van der Waals surface area contributed by atoms with Crippen molar-refractivity contribution in [1.82, 2.24) is 0 Å². The molecule has 0 aromatic heterocycles. The highest BCUT2D eigenvalue weighted by molar-refractivity contribution is 7.47. The minimum absolute atomic E-state index is 0.0991. The van der Waals surface area contributed by atoms with Gasteiger partial charge in [0.25, 0.3) is 0 Å². The van der Waals surface area contributed by atoms with Gasteiger partial charge in [0.1, 0.15) is 12.6 Å². The van der Waals surface area contributed by atoms with Gasteiger partial charge in [0, 0.05) is 12.8 Å².